The van der Waals surface area contributed by atoms with Crippen molar-refractivity contribution in [2.24, 2.45) is 0 Å². The molecule has 1 unspecified atom stereocenters. The third kappa shape index (κ3) is 4.01. The van der Waals surface area contributed by atoms with E-state index in [1.807, 2.05) is 30.1 Å². The zero-order chi connectivity index (χ0) is 19.8. The molecule has 0 amide bonds. The van der Waals surface area contributed by atoms with Crippen molar-refractivity contribution in [1.82, 2.24) is 0 Å². The second-order valence-electron chi connectivity index (χ2n) is 6.67. The Labute approximate surface area is 163 Å². The molecular weight excluding hydrogens is 390 g/mol. The zero-order valence-corrected chi connectivity index (χ0v) is 16.6. The maximum absolute atomic E-state index is 12.1. The third-order valence-corrected chi connectivity index (χ3v) is 6.22. The average molecular weight is 410 g/mol. The largest absolute Gasteiger partial charge is 0.370 e. The van der Waals surface area contributed by atoms with Crippen molar-refractivity contribution < 1.29 is 13.3 Å². The molecule has 27 heavy (non-hydrogen) atoms. The molecular formula is C18H20ClN3O4S. The molecule has 0 N–H and O–H groups in total. The lowest BCUT2D eigenvalue weighted by Crippen LogP contribution is -2.29. The molecule has 1 aliphatic rings. The number of hydrogen-bond donors (Lipinski definition) is 0. The van der Waals surface area contributed by atoms with Gasteiger partial charge in [0.25, 0.3) is 5.69 Å². The molecule has 0 fully saturated rings. The summed E-state index contributed by atoms with van der Waals surface area (Å²) in [6.07, 6.45) is 1.20. The van der Waals surface area contributed by atoms with Crippen LogP contribution in [0, 0.1) is 10.1 Å². The number of halogens is 1. The van der Waals surface area contributed by atoms with Crippen LogP contribution in [0.25, 0.3) is 0 Å². The first-order valence-electron chi connectivity index (χ1n) is 8.33. The quantitative estimate of drug-likeness (QED) is 0.415. The number of sulfonamides is 1. The monoisotopic (exact) mass is 409 g/mol. The van der Waals surface area contributed by atoms with Crippen LogP contribution in [0.1, 0.15) is 17.0 Å². The summed E-state index contributed by atoms with van der Waals surface area (Å²) >= 11 is 6.02. The van der Waals surface area contributed by atoms with E-state index < -0.39 is 14.9 Å². The average Bonchev–Trinajstić information content (AvgIpc) is 3.00. The molecule has 2 aromatic carbocycles. The van der Waals surface area contributed by atoms with Gasteiger partial charge in [0.1, 0.15) is 0 Å². The number of hydrogen-bond acceptors (Lipinski definition) is 5. The van der Waals surface area contributed by atoms with E-state index in [0.29, 0.717) is 24.7 Å². The number of anilines is 2. The number of alkyl halides is 1. The van der Waals surface area contributed by atoms with E-state index in [-0.39, 0.29) is 11.6 Å². The van der Waals surface area contributed by atoms with E-state index in [9.17, 15) is 18.5 Å². The predicted octanol–water partition coefficient (Wildman–Crippen LogP) is 3.33. The summed E-state index contributed by atoms with van der Waals surface area (Å²) in [5.74, 6) is 0.335. The zero-order valence-electron chi connectivity index (χ0n) is 15.0. The number of non-ortho nitro benzene ring substituents is 1. The van der Waals surface area contributed by atoms with Crippen molar-refractivity contribution in [2.45, 2.75) is 12.5 Å². The van der Waals surface area contributed by atoms with E-state index in [4.69, 9.17) is 11.6 Å². The fraction of sp³-hybridized carbons (Fsp3) is 0.333. The molecule has 0 bridgehead atoms. The third-order valence-electron chi connectivity index (χ3n) is 4.70. The van der Waals surface area contributed by atoms with Crippen LogP contribution in [-0.4, -0.2) is 39.1 Å². The summed E-state index contributed by atoms with van der Waals surface area (Å²) in [6, 6.07) is 12.1. The van der Waals surface area contributed by atoms with Crippen molar-refractivity contribution in [2.75, 3.05) is 34.9 Å². The Morgan fingerprint density at radius 1 is 1.26 bits per heavy atom. The minimum atomic E-state index is -3.38. The van der Waals surface area contributed by atoms with Crippen molar-refractivity contribution in [3.8, 4) is 0 Å². The first kappa shape index (κ1) is 19.4. The maximum Gasteiger partial charge on any atom is 0.269 e. The summed E-state index contributed by atoms with van der Waals surface area (Å²) in [5, 5.41) is 10.8. The number of nitrogens with zero attached hydrogens (tertiary/aromatic N) is 3. The number of fused-ring (bicyclic) bond motifs is 1. The van der Waals surface area contributed by atoms with Crippen LogP contribution in [-0.2, 0) is 16.6 Å². The van der Waals surface area contributed by atoms with Gasteiger partial charge in [-0.15, -0.1) is 11.6 Å². The Kier molecular flexibility index (Phi) is 5.30. The van der Waals surface area contributed by atoms with Gasteiger partial charge in [0, 0.05) is 49.8 Å². The topological polar surface area (TPSA) is 83.8 Å². The number of nitro benzene ring substituents is 1. The van der Waals surface area contributed by atoms with Gasteiger partial charge in [-0.2, -0.15) is 0 Å². The van der Waals surface area contributed by atoms with Gasteiger partial charge in [0.15, 0.2) is 0 Å². The van der Waals surface area contributed by atoms with Gasteiger partial charge in [-0.05, 0) is 23.3 Å². The highest BCUT2D eigenvalue weighted by Gasteiger charge is 2.33. The molecule has 144 valence electrons. The van der Waals surface area contributed by atoms with E-state index in [2.05, 4.69) is 0 Å². The highest BCUT2D eigenvalue weighted by atomic mass is 35.5. The Balaban J connectivity index is 1.86. The molecule has 0 radical (unpaired) electrons. The van der Waals surface area contributed by atoms with Crippen molar-refractivity contribution in [3.63, 3.8) is 0 Å². The van der Waals surface area contributed by atoms with Crippen molar-refractivity contribution >= 4 is 38.7 Å². The molecule has 0 saturated carbocycles. The van der Waals surface area contributed by atoms with Crippen LogP contribution >= 0.6 is 11.6 Å². The minimum absolute atomic E-state index is 0.0228. The highest BCUT2D eigenvalue weighted by Crippen LogP contribution is 2.40. The first-order valence-corrected chi connectivity index (χ1v) is 10.7. The Morgan fingerprint density at radius 3 is 2.48 bits per heavy atom. The van der Waals surface area contributed by atoms with Crippen LogP contribution in [0.15, 0.2) is 42.5 Å². The van der Waals surface area contributed by atoms with Gasteiger partial charge in [0.2, 0.25) is 10.0 Å². The lowest BCUT2D eigenvalue weighted by Gasteiger charge is -2.22. The standard InChI is InChI=1S/C18H20ClN3O4S/c1-20(11-13-3-5-15(6-4-13)22(23)24)16-7-8-17-14(10-19)12-21(18(17)9-16)27(2,25)26/h3-9,14H,10-12H2,1-2H3. The number of rotatable bonds is 6. The Bertz CT molecular complexity index is 963. The highest BCUT2D eigenvalue weighted by molar-refractivity contribution is 7.92. The summed E-state index contributed by atoms with van der Waals surface area (Å²) < 4.78 is 25.7. The van der Waals surface area contributed by atoms with Crippen LogP contribution < -0.4 is 9.21 Å². The van der Waals surface area contributed by atoms with E-state index in [0.717, 1.165) is 16.8 Å². The lowest BCUT2D eigenvalue weighted by molar-refractivity contribution is -0.384. The molecule has 2 aromatic rings. The van der Waals surface area contributed by atoms with Crippen molar-refractivity contribution in [1.29, 1.82) is 0 Å². The Hall–Kier alpha value is -2.32. The summed E-state index contributed by atoms with van der Waals surface area (Å²) in [4.78, 5) is 12.3. The molecule has 0 aromatic heterocycles. The molecule has 3 rings (SSSR count). The van der Waals surface area contributed by atoms with Gasteiger partial charge in [-0.1, -0.05) is 18.2 Å². The van der Waals surface area contributed by atoms with E-state index in [1.54, 1.807) is 12.1 Å². The number of benzene rings is 2. The van der Waals surface area contributed by atoms with Crippen LogP contribution in [0.3, 0.4) is 0 Å². The second kappa shape index (κ2) is 7.36. The van der Waals surface area contributed by atoms with Crippen molar-refractivity contribution in [3.05, 3.63) is 63.7 Å². The SMILES string of the molecule is CN(Cc1ccc([N+](=O)[O-])cc1)c1ccc2c(c1)N(S(C)(=O)=O)CC2CCl. The molecule has 1 aliphatic heterocycles. The van der Waals surface area contributed by atoms with E-state index in [1.165, 1.54) is 22.7 Å². The molecule has 0 spiro atoms. The summed E-state index contributed by atoms with van der Waals surface area (Å²) in [6.45, 7) is 0.891. The van der Waals surface area contributed by atoms with Gasteiger partial charge in [-0.25, -0.2) is 8.42 Å². The van der Waals surface area contributed by atoms with Gasteiger partial charge >= 0.3 is 0 Å². The lowest BCUT2D eigenvalue weighted by atomic mass is 10.0. The van der Waals surface area contributed by atoms with Gasteiger partial charge in [0.05, 0.1) is 16.9 Å². The molecule has 9 heteroatoms. The maximum atomic E-state index is 12.1. The molecule has 1 atom stereocenters. The smallest absolute Gasteiger partial charge is 0.269 e. The molecule has 1 heterocycles. The van der Waals surface area contributed by atoms with Gasteiger partial charge in [-0.3, -0.25) is 14.4 Å². The summed E-state index contributed by atoms with van der Waals surface area (Å²) in [7, 11) is -1.49. The van der Waals surface area contributed by atoms with Gasteiger partial charge < -0.3 is 4.90 Å². The van der Waals surface area contributed by atoms with Crippen LogP contribution in [0.4, 0.5) is 17.1 Å². The predicted molar refractivity (Wildman–Crippen MR) is 107 cm³/mol. The fourth-order valence-corrected chi connectivity index (χ4v) is 4.49. The molecule has 0 aliphatic carbocycles. The molecule has 0 saturated heterocycles. The Morgan fingerprint density at radius 2 is 1.93 bits per heavy atom. The van der Waals surface area contributed by atoms with Crippen LogP contribution in [0.2, 0.25) is 0 Å². The van der Waals surface area contributed by atoms with Crippen LogP contribution in [0.5, 0.6) is 0 Å². The summed E-state index contributed by atoms with van der Waals surface area (Å²) in [5.41, 5.74) is 3.42. The second-order valence-corrected chi connectivity index (χ2v) is 8.88. The van der Waals surface area contributed by atoms with E-state index >= 15 is 0 Å². The first-order chi connectivity index (χ1) is 12.7. The fourth-order valence-electron chi connectivity index (χ4n) is 3.26. The molecule has 7 nitrogen and oxygen atoms in total. The minimum Gasteiger partial charge on any atom is -0.370 e. The number of nitro groups is 1. The normalized spacial score (nSPS) is 16.3.